The zero-order valence-electron chi connectivity index (χ0n) is 13.6. The van der Waals surface area contributed by atoms with Crippen LogP contribution in [0.4, 0.5) is 0 Å². The summed E-state index contributed by atoms with van der Waals surface area (Å²) >= 11 is 5.60. The summed E-state index contributed by atoms with van der Waals surface area (Å²) in [5.41, 5.74) is 6.20. The van der Waals surface area contributed by atoms with Gasteiger partial charge in [0.2, 0.25) is 11.7 Å². The quantitative estimate of drug-likeness (QED) is 0.822. The number of primary amides is 1. The summed E-state index contributed by atoms with van der Waals surface area (Å²) in [4.78, 5) is 14.0. The molecule has 1 aliphatic rings. The SMILES string of the molecule is COc1cc(C(=S)N2CCC(C(N)=O)CC2)cc(OC)c1OC. The summed E-state index contributed by atoms with van der Waals surface area (Å²) in [7, 11) is 4.71. The summed E-state index contributed by atoms with van der Waals surface area (Å²) in [5, 5.41) is 0. The van der Waals surface area contributed by atoms with Crippen molar-refractivity contribution in [1.82, 2.24) is 4.90 Å². The first-order valence-electron chi connectivity index (χ1n) is 7.40. The lowest BCUT2D eigenvalue weighted by atomic mass is 9.96. The Labute approximate surface area is 141 Å². The van der Waals surface area contributed by atoms with E-state index in [2.05, 4.69) is 4.90 Å². The Bertz CT molecular complexity index is 573. The average molecular weight is 338 g/mol. The van der Waals surface area contributed by atoms with E-state index in [1.54, 1.807) is 21.3 Å². The molecule has 6 nitrogen and oxygen atoms in total. The van der Waals surface area contributed by atoms with Gasteiger partial charge in [0, 0.05) is 24.6 Å². The number of nitrogens with zero attached hydrogens (tertiary/aromatic N) is 1. The Morgan fingerprint density at radius 2 is 1.65 bits per heavy atom. The number of carbonyl (C=O) groups is 1. The minimum Gasteiger partial charge on any atom is -0.493 e. The second-order valence-corrected chi connectivity index (χ2v) is 5.77. The molecule has 0 aromatic heterocycles. The molecule has 1 heterocycles. The van der Waals surface area contributed by atoms with E-state index < -0.39 is 0 Å². The normalized spacial score (nSPS) is 15.2. The van der Waals surface area contributed by atoms with Gasteiger partial charge in [0.15, 0.2) is 11.5 Å². The number of likely N-dealkylation sites (tertiary alicyclic amines) is 1. The van der Waals surface area contributed by atoms with E-state index in [1.165, 1.54) is 0 Å². The number of methoxy groups -OCH3 is 3. The van der Waals surface area contributed by atoms with E-state index in [4.69, 9.17) is 32.2 Å². The standard InChI is InChI=1S/C16H22N2O4S/c1-20-12-8-11(9-13(21-2)14(12)22-3)16(23)18-6-4-10(5-7-18)15(17)19/h8-10H,4-7H2,1-3H3,(H2,17,19). The zero-order chi connectivity index (χ0) is 17.0. The molecule has 0 atom stereocenters. The van der Waals surface area contributed by atoms with Crippen LogP contribution in [0.1, 0.15) is 18.4 Å². The number of piperidine rings is 1. The third kappa shape index (κ3) is 3.67. The van der Waals surface area contributed by atoms with Gasteiger partial charge in [-0.1, -0.05) is 12.2 Å². The fourth-order valence-corrected chi connectivity index (χ4v) is 3.05. The van der Waals surface area contributed by atoms with E-state index in [1.807, 2.05) is 12.1 Å². The van der Waals surface area contributed by atoms with E-state index in [9.17, 15) is 4.79 Å². The second-order valence-electron chi connectivity index (χ2n) is 5.38. The van der Waals surface area contributed by atoms with Crippen molar-refractivity contribution in [3.8, 4) is 17.2 Å². The van der Waals surface area contributed by atoms with E-state index >= 15 is 0 Å². The Kier molecular flexibility index (Phi) is 5.65. The third-order valence-corrected chi connectivity index (χ3v) is 4.59. The topological polar surface area (TPSA) is 74.0 Å². The number of hydrogen-bond donors (Lipinski definition) is 1. The Balaban J connectivity index is 2.21. The van der Waals surface area contributed by atoms with Gasteiger partial charge in [-0.15, -0.1) is 0 Å². The molecule has 126 valence electrons. The van der Waals surface area contributed by atoms with Crippen molar-refractivity contribution in [1.29, 1.82) is 0 Å². The van der Waals surface area contributed by atoms with Crippen LogP contribution in [0.2, 0.25) is 0 Å². The van der Waals surface area contributed by atoms with Crippen LogP contribution in [-0.4, -0.2) is 50.2 Å². The van der Waals surface area contributed by atoms with Crippen molar-refractivity contribution in [3.05, 3.63) is 17.7 Å². The first-order valence-corrected chi connectivity index (χ1v) is 7.81. The maximum atomic E-state index is 11.3. The molecule has 0 spiro atoms. The minimum absolute atomic E-state index is 0.0611. The first kappa shape index (κ1) is 17.3. The van der Waals surface area contributed by atoms with Gasteiger partial charge < -0.3 is 24.8 Å². The lowest BCUT2D eigenvalue weighted by Gasteiger charge is -2.32. The summed E-state index contributed by atoms with van der Waals surface area (Å²) < 4.78 is 16.0. The highest BCUT2D eigenvalue weighted by Crippen LogP contribution is 2.38. The molecule has 0 bridgehead atoms. The average Bonchev–Trinajstić information content (AvgIpc) is 2.59. The van der Waals surface area contributed by atoms with Gasteiger partial charge in [-0.25, -0.2) is 0 Å². The molecule has 0 aliphatic carbocycles. The van der Waals surface area contributed by atoms with Crippen molar-refractivity contribution in [3.63, 3.8) is 0 Å². The lowest BCUT2D eigenvalue weighted by molar-refractivity contribution is -0.122. The van der Waals surface area contributed by atoms with Crippen molar-refractivity contribution in [2.24, 2.45) is 11.7 Å². The molecule has 2 N–H and O–H groups in total. The number of amides is 1. The van der Waals surface area contributed by atoms with Gasteiger partial charge in [0.1, 0.15) is 4.99 Å². The summed E-state index contributed by atoms with van der Waals surface area (Å²) in [6.45, 7) is 1.42. The zero-order valence-corrected chi connectivity index (χ0v) is 14.4. The van der Waals surface area contributed by atoms with Crippen LogP contribution in [0.5, 0.6) is 17.2 Å². The molecule has 0 saturated carbocycles. The fourth-order valence-electron chi connectivity index (χ4n) is 2.75. The van der Waals surface area contributed by atoms with Gasteiger partial charge in [-0.3, -0.25) is 4.79 Å². The molecule has 1 aromatic rings. The number of thiocarbonyl (C=S) groups is 1. The molecule has 2 rings (SSSR count). The van der Waals surface area contributed by atoms with Crippen LogP contribution >= 0.6 is 12.2 Å². The Morgan fingerprint density at radius 1 is 1.13 bits per heavy atom. The highest BCUT2D eigenvalue weighted by Gasteiger charge is 2.26. The highest BCUT2D eigenvalue weighted by molar-refractivity contribution is 7.80. The van der Waals surface area contributed by atoms with Crippen LogP contribution in [0.25, 0.3) is 0 Å². The number of nitrogens with two attached hydrogens (primary N) is 1. The van der Waals surface area contributed by atoms with Crippen molar-refractivity contribution in [2.45, 2.75) is 12.8 Å². The van der Waals surface area contributed by atoms with Gasteiger partial charge >= 0.3 is 0 Å². The number of carbonyl (C=O) groups excluding carboxylic acids is 1. The fraction of sp³-hybridized carbons (Fsp3) is 0.500. The molecular weight excluding hydrogens is 316 g/mol. The smallest absolute Gasteiger partial charge is 0.220 e. The van der Waals surface area contributed by atoms with Crippen LogP contribution in [-0.2, 0) is 4.79 Å². The lowest BCUT2D eigenvalue weighted by Crippen LogP contribution is -2.41. The molecule has 1 amide bonds. The van der Waals surface area contributed by atoms with Gasteiger partial charge in [0.25, 0.3) is 0 Å². The number of rotatable bonds is 5. The molecule has 1 fully saturated rings. The monoisotopic (exact) mass is 338 g/mol. The molecule has 0 radical (unpaired) electrons. The van der Waals surface area contributed by atoms with E-state index in [0.29, 0.717) is 35.3 Å². The van der Waals surface area contributed by atoms with Gasteiger partial charge in [0.05, 0.1) is 21.3 Å². The van der Waals surface area contributed by atoms with E-state index in [-0.39, 0.29) is 11.8 Å². The predicted octanol–water partition coefficient (Wildman–Crippen LogP) is 1.59. The van der Waals surface area contributed by atoms with E-state index in [0.717, 1.165) is 18.4 Å². The first-order chi connectivity index (χ1) is 11.0. The van der Waals surface area contributed by atoms with Crippen LogP contribution < -0.4 is 19.9 Å². The van der Waals surface area contributed by atoms with Gasteiger partial charge in [-0.2, -0.15) is 0 Å². The molecule has 1 aliphatic heterocycles. The largest absolute Gasteiger partial charge is 0.493 e. The second kappa shape index (κ2) is 7.50. The molecule has 0 unspecified atom stereocenters. The number of ether oxygens (including phenoxy) is 3. The number of hydrogen-bond acceptors (Lipinski definition) is 5. The third-order valence-electron chi connectivity index (χ3n) is 4.10. The molecular formula is C16H22N2O4S. The molecule has 7 heteroatoms. The summed E-state index contributed by atoms with van der Waals surface area (Å²) in [6, 6.07) is 3.67. The maximum absolute atomic E-state index is 11.3. The molecule has 23 heavy (non-hydrogen) atoms. The van der Waals surface area contributed by atoms with Crippen molar-refractivity contribution >= 4 is 23.1 Å². The Hall–Kier alpha value is -2.02. The molecule has 1 aromatic carbocycles. The van der Waals surface area contributed by atoms with Crippen LogP contribution in [0.3, 0.4) is 0 Å². The minimum atomic E-state index is -0.233. The summed E-state index contributed by atoms with van der Waals surface area (Å²) in [5.74, 6) is 1.37. The van der Waals surface area contributed by atoms with Gasteiger partial charge in [-0.05, 0) is 25.0 Å². The maximum Gasteiger partial charge on any atom is 0.220 e. The van der Waals surface area contributed by atoms with Crippen LogP contribution in [0, 0.1) is 5.92 Å². The predicted molar refractivity (Wildman–Crippen MR) is 91.3 cm³/mol. The van der Waals surface area contributed by atoms with Crippen molar-refractivity contribution in [2.75, 3.05) is 34.4 Å². The van der Waals surface area contributed by atoms with Crippen molar-refractivity contribution < 1.29 is 19.0 Å². The van der Waals surface area contributed by atoms with Crippen LogP contribution in [0.15, 0.2) is 12.1 Å². The highest BCUT2D eigenvalue weighted by atomic mass is 32.1. The number of benzene rings is 1. The Morgan fingerprint density at radius 3 is 2.04 bits per heavy atom. The molecule has 1 saturated heterocycles. The summed E-state index contributed by atoms with van der Waals surface area (Å²) in [6.07, 6.45) is 1.44.